The highest BCUT2D eigenvalue weighted by Gasteiger charge is 2.27. The van der Waals surface area contributed by atoms with Crippen molar-refractivity contribution in [3.63, 3.8) is 0 Å². The lowest BCUT2D eigenvalue weighted by molar-refractivity contribution is 0.0535. The van der Waals surface area contributed by atoms with Gasteiger partial charge in [0, 0.05) is 31.6 Å². The van der Waals surface area contributed by atoms with Gasteiger partial charge in [-0.2, -0.15) is 11.3 Å². The van der Waals surface area contributed by atoms with Gasteiger partial charge in [0.05, 0.1) is 5.56 Å². The molecule has 0 N–H and O–H groups in total. The summed E-state index contributed by atoms with van der Waals surface area (Å²) < 4.78 is 0.254. The summed E-state index contributed by atoms with van der Waals surface area (Å²) in [6.45, 7) is 2.03. The number of piperazine rings is 1. The number of hydrogen-bond acceptors (Lipinski definition) is 6. The van der Waals surface area contributed by atoms with E-state index in [1.165, 1.54) is 11.3 Å². The van der Waals surface area contributed by atoms with Crippen LogP contribution in [0.4, 0.5) is 0 Å². The summed E-state index contributed by atoms with van der Waals surface area (Å²) in [5, 5.41) is 11.4. The smallest absolute Gasteiger partial charge is 0.285 e. The molecule has 2 aromatic heterocycles. The van der Waals surface area contributed by atoms with E-state index in [2.05, 4.69) is 10.2 Å². The van der Waals surface area contributed by atoms with Crippen LogP contribution in [0.15, 0.2) is 16.8 Å². The summed E-state index contributed by atoms with van der Waals surface area (Å²) in [5.74, 6) is -0.163. The van der Waals surface area contributed by atoms with Crippen LogP contribution < -0.4 is 0 Å². The van der Waals surface area contributed by atoms with Gasteiger partial charge in [-0.05, 0) is 23.0 Å². The molecule has 9 heteroatoms. The summed E-state index contributed by atoms with van der Waals surface area (Å²) in [5.41, 5.74) is 0.704. The zero-order valence-corrected chi connectivity index (χ0v) is 13.2. The molecule has 1 fully saturated rings. The van der Waals surface area contributed by atoms with Crippen molar-refractivity contribution in [1.82, 2.24) is 20.0 Å². The molecule has 2 amide bonds. The van der Waals surface area contributed by atoms with Gasteiger partial charge in [0.15, 0.2) is 0 Å². The van der Waals surface area contributed by atoms with Crippen molar-refractivity contribution in [2.24, 2.45) is 0 Å². The average molecular weight is 343 g/mol. The van der Waals surface area contributed by atoms with Crippen molar-refractivity contribution >= 4 is 46.1 Å². The number of carbonyl (C=O) groups is 2. The van der Waals surface area contributed by atoms with Crippen molar-refractivity contribution < 1.29 is 9.59 Å². The van der Waals surface area contributed by atoms with Gasteiger partial charge < -0.3 is 9.80 Å². The van der Waals surface area contributed by atoms with Crippen LogP contribution in [-0.2, 0) is 0 Å². The molecule has 6 nitrogen and oxygen atoms in total. The first kappa shape index (κ1) is 14.4. The zero-order chi connectivity index (χ0) is 14.8. The lowest BCUT2D eigenvalue weighted by Crippen LogP contribution is -2.50. The van der Waals surface area contributed by atoms with E-state index < -0.39 is 0 Å². The topological polar surface area (TPSA) is 66.4 Å². The van der Waals surface area contributed by atoms with Gasteiger partial charge in [-0.1, -0.05) is 11.3 Å². The molecule has 0 aliphatic carbocycles. The molecule has 0 bridgehead atoms. The Labute approximate surface area is 134 Å². The van der Waals surface area contributed by atoms with E-state index in [0.717, 1.165) is 11.3 Å². The first-order chi connectivity index (χ1) is 10.1. The highest BCUT2D eigenvalue weighted by molar-refractivity contribution is 7.17. The maximum Gasteiger partial charge on any atom is 0.285 e. The Kier molecular flexibility index (Phi) is 4.18. The standard InChI is InChI=1S/C12H11ClN4O2S2/c13-12-15-14-9(21-12)11(19)17-4-2-16(3-5-17)10(18)8-1-6-20-7-8/h1,6-7H,2-5H2. The van der Waals surface area contributed by atoms with E-state index in [1.54, 1.807) is 9.80 Å². The molecule has 0 radical (unpaired) electrons. The number of thiophene rings is 1. The third-order valence-electron chi connectivity index (χ3n) is 3.21. The quantitative estimate of drug-likeness (QED) is 0.835. The second-order valence-corrected chi connectivity index (χ2v) is 6.80. The van der Waals surface area contributed by atoms with E-state index in [-0.39, 0.29) is 21.3 Å². The number of carbonyl (C=O) groups excluding carboxylic acids is 2. The predicted octanol–water partition coefficient (Wildman–Crippen LogP) is 1.85. The second kappa shape index (κ2) is 6.08. The Hall–Kier alpha value is -1.51. The molecule has 1 aliphatic heterocycles. The fraction of sp³-hybridized carbons (Fsp3) is 0.333. The highest BCUT2D eigenvalue weighted by Crippen LogP contribution is 2.18. The number of aromatic nitrogens is 2. The van der Waals surface area contributed by atoms with Gasteiger partial charge in [0.25, 0.3) is 11.8 Å². The monoisotopic (exact) mass is 342 g/mol. The minimum atomic E-state index is -0.179. The molecule has 21 heavy (non-hydrogen) atoms. The zero-order valence-electron chi connectivity index (χ0n) is 10.9. The van der Waals surface area contributed by atoms with Crippen LogP contribution in [0.25, 0.3) is 0 Å². The number of hydrogen-bond donors (Lipinski definition) is 0. The first-order valence-electron chi connectivity index (χ1n) is 6.25. The Balaban J connectivity index is 1.60. The van der Waals surface area contributed by atoms with E-state index in [0.29, 0.717) is 31.7 Å². The van der Waals surface area contributed by atoms with E-state index in [9.17, 15) is 9.59 Å². The van der Waals surface area contributed by atoms with Crippen molar-refractivity contribution in [2.45, 2.75) is 0 Å². The molecule has 1 saturated heterocycles. The summed E-state index contributed by atoms with van der Waals surface area (Å²) in [6.07, 6.45) is 0. The highest BCUT2D eigenvalue weighted by atomic mass is 35.5. The van der Waals surface area contributed by atoms with Crippen LogP contribution in [-0.4, -0.2) is 58.0 Å². The molecule has 110 valence electrons. The minimum absolute atomic E-state index is 0.0160. The van der Waals surface area contributed by atoms with Crippen LogP contribution in [0.1, 0.15) is 20.2 Å². The van der Waals surface area contributed by atoms with E-state index in [4.69, 9.17) is 11.6 Å². The van der Waals surface area contributed by atoms with E-state index in [1.807, 2.05) is 16.8 Å². The Morgan fingerprint density at radius 1 is 1.10 bits per heavy atom. The van der Waals surface area contributed by atoms with Crippen molar-refractivity contribution in [3.05, 3.63) is 31.9 Å². The lowest BCUT2D eigenvalue weighted by Gasteiger charge is -2.34. The first-order valence-corrected chi connectivity index (χ1v) is 8.38. The molecule has 0 spiro atoms. The molecular weight excluding hydrogens is 332 g/mol. The van der Waals surface area contributed by atoms with Gasteiger partial charge in [-0.3, -0.25) is 9.59 Å². The maximum absolute atomic E-state index is 12.2. The molecule has 0 saturated carbocycles. The van der Waals surface area contributed by atoms with Gasteiger partial charge >= 0.3 is 0 Å². The van der Waals surface area contributed by atoms with Crippen LogP contribution in [0.3, 0.4) is 0 Å². The van der Waals surface area contributed by atoms with Crippen LogP contribution in [0.5, 0.6) is 0 Å². The van der Waals surface area contributed by atoms with Crippen LogP contribution in [0, 0.1) is 0 Å². The number of amides is 2. The molecule has 2 aromatic rings. The van der Waals surface area contributed by atoms with Crippen LogP contribution >= 0.6 is 34.3 Å². The fourth-order valence-electron chi connectivity index (χ4n) is 2.11. The molecule has 1 aliphatic rings. The summed E-state index contributed by atoms with van der Waals surface area (Å²) in [6, 6.07) is 1.81. The number of rotatable bonds is 2. The SMILES string of the molecule is O=C(c1ccsc1)N1CCN(C(=O)c2nnc(Cl)s2)CC1. The molecule has 3 heterocycles. The molecule has 0 unspecified atom stereocenters. The summed E-state index contributed by atoms with van der Waals surface area (Å²) in [7, 11) is 0. The lowest BCUT2D eigenvalue weighted by atomic mass is 10.2. The van der Waals surface area contributed by atoms with Crippen molar-refractivity contribution in [3.8, 4) is 0 Å². The Morgan fingerprint density at radius 2 is 1.76 bits per heavy atom. The molecule has 3 rings (SSSR count). The second-order valence-electron chi connectivity index (χ2n) is 4.46. The molecule has 0 atom stereocenters. The average Bonchev–Trinajstić information content (AvgIpc) is 3.17. The van der Waals surface area contributed by atoms with Crippen molar-refractivity contribution in [1.29, 1.82) is 0 Å². The minimum Gasteiger partial charge on any atom is -0.335 e. The van der Waals surface area contributed by atoms with Crippen LogP contribution in [0.2, 0.25) is 4.47 Å². The summed E-state index contributed by atoms with van der Waals surface area (Å²) >= 11 is 8.25. The number of nitrogens with zero attached hydrogens (tertiary/aromatic N) is 4. The van der Waals surface area contributed by atoms with Gasteiger partial charge in [0.1, 0.15) is 0 Å². The predicted molar refractivity (Wildman–Crippen MR) is 81.0 cm³/mol. The third-order valence-corrected chi connectivity index (χ3v) is 4.90. The Morgan fingerprint density at radius 3 is 2.29 bits per heavy atom. The van der Waals surface area contributed by atoms with Gasteiger partial charge in [-0.15, -0.1) is 10.2 Å². The van der Waals surface area contributed by atoms with Gasteiger partial charge in [0.2, 0.25) is 9.47 Å². The largest absolute Gasteiger partial charge is 0.335 e. The number of halogens is 1. The normalized spacial score (nSPS) is 15.3. The van der Waals surface area contributed by atoms with E-state index >= 15 is 0 Å². The fourth-order valence-corrected chi connectivity index (χ4v) is 3.53. The van der Waals surface area contributed by atoms with Crippen molar-refractivity contribution in [2.75, 3.05) is 26.2 Å². The molecular formula is C12H11ClN4O2S2. The molecule has 0 aromatic carbocycles. The third kappa shape index (κ3) is 3.07. The maximum atomic E-state index is 12.2. The Bertz CT molecular complexity index is 650. The summed E-state index contributed by atoms with van der Waals surface area (Å²) in [4.78, 5) is 27.8. The van der Waals surface area contributed by atoms with Gasteiger partial charge in [-0.25, -0.2) is 0 Å².